The summed E-state index contributed by atoms with van der Waals surface area (Å²) in [7, 11) is 0. The molecule has 0 unspecified atom stereocenters. The summed E-state index contributed by atoms with van der Waals surface area (Å²) in [4.78, 5) is 30.0. The second-order valence-electron chi connectivity index (χ2n) is 9.96. The summed E-state index contributed by atoms with van der Waals surface area (Å²) >= 11 is 6.14. The van der Waals surface area contributed by atoms with Crippen LogP contribution in [0.15, 0.2) is 66.7 Å². The molecule has 1 aliphatic carbocycles. The largest absolute Gasteiger partial charge is 0.454 e. The Balaban J connectivity index is 1.35. The number of carbonyl (C=O) groups is 2. The molecule has 39 heavy (non-hydrogen) atoms. The zero-order chi connectivity index (χ0) is 26.8. The molecule has 0 atom stereocenters. The molecule has 2 aliphatic rings. The van der Waals surface area contributed by atoms with E-state index in [0.29, 0.717) is 40.6 Å². The van der Waals surface area contributed by atoms with E-state index in [1.54, 1.807) is 39.9 Å². The maximum atomic E-state index is 14.2. The second kappa shape index (κ2) is 10.6. The lowest BCUT2D eigenvalue weighted by molar-refractivity contribution is -0.149. The zero-order valence-electron chi connectivity index (χ0n) is 21.3. The first-order chi connectivity index (χ1) is 19.0. The fourth-order valence-corrected chi connectivity index (χ4v) is 5.60. The highest BCUT2D eigenvalue weighted by atomic mass is 35.5. The number of para-hydroxylation sites is 1. The molecular formula is C29H28ClN5O4. The summed E-state index contributed by atoms with van der Waals surface area (Å²) in [6.45, 7) is 0.376. The number of aromatic nitrogens is 3. The van der Waals surface area contributed by atoms with E-state index in [1.165, 1.54) is 0 Å². The van der Waals surface area contributed by atoms with Gasteiger partial charge >= 0.3 is 0 Å². The summed E-state index contributed by atoms with van der Waals surface area (Å²) in [6, 6.07) is 20.2. The lowest BCUT2D eigenvalue weighted by Crippen LogP contribution is -2.60. The van der Waals surface area contributed by atoms with Crippen LogP contribution in [0.25, 0.3) is 11.0 Å². The molecule has 10 heteroatoms. The molecule has 0 radical (unpaired) electrons. The number of benzene rings is 3. The Kier molecular flexibility index (Phi) is 6.83. The first-order valence-electron chi connectivity index (χ1n) is 13.1. The number of carbonyl (C=O) groups excluding carboxylic acids is 2. The van der Waals surface area contributed by atoms with E-state index in [2.05, 4.69) is 15.6 Å². The summed E-state index contributed by atoms with van der Waals surface area (Å²) in [5, 5.41) is 12.1. The lowest BCUT2D eigenvalue weighted by Gasteiger charge is -2.45. The SMILES string of the molecule is O=C(Cn1nnc2ccccc21)N(Cc1ccc(Cl)cc1)C1(C(=O)Nc2ccc3c(c2)OCO3)CCCCC1. The highest BCUT2D eigenvalue weighted by Gasteiger charge is 2.47. The molecule has 9 nitrogen and oxygen atoms in total. The van der Waals surface area contributed by atoms with Crippen molar-refractivity contribution in [1.82, 2.24) is 19.9 Å². The minimum Gasteiger partial charge on any atom is -0.454 e. The summed E-state index contributed by atoms with van der Waals surface area (Å²) < 4.78 is 12.5. The van der Waals surface area contributed by atoms with E-state index in [4.69, 9.17) is 21.1 Å². The van der Waals surface area contributed by atoms with Crippen LogP contribution >= 0.6 is 11.6 Å². The minimum absolute atomic E-state index is 0.0346. The predicted molar refractivity (Wildman–Crippen MR) is 147 cm³/mol. The molecule has 1 N–H and O–H groups in total. The smallest absolute Gasteiger partial charge is 0.250 e. The fourth-order valence-electron chi connectivity index (χ4n) is 5.48. The Labute approximate surface area is 230 Å². The second-order valence-corrected chi connectivity index (χ2v) is 10.4. The highest BCUT2D eigenvalue weighted by molar-refractivity contribution is 6.30. The quantitative estimate of drug-likeness (QED) is 0.343. The van der Waals surface area contributed by atoms with Crippen molar-refractivity contribution in [3.8, 4) is 11.5 Å². The molecule has 4 aromatic rings. The van der Waals surface area contributed by atoms with Gasteiger partial charge in [0.1, 0.15) is 17.6 Å². The summed E-state index contributed by atoms with van der Waals surface area (Å²) in [6.07, 6.45) is 3.80. The van der Waals surface area contributed by atoms with Crippen molar-refractivity contribution in [3.63, 3.8) is 0 Å². The molecule has 0 bridgehead atoms. The van der Waals surface area contributed by atoms with Crippen molar-refractivity contribution in [1.29, 1.82) is 0 Å². The van der Waals surface area contributed by atoms with Crippen LogP contribution in [-0.2, 0) is 22.7 Å². The van der Waals surface area contributed by atoms with Crippen LogP contribution in [0.5, 0.6) is 11.5 Å². The molecule has 1 aliphatic heterocycles. The van der Waals surface area contributed by atoms with Crippen molar-refractivity contribution in [2.45, 2.75) is 50.7 Å². The topological polar surface area (TPSA) is 98.6 Å². The molecule has 0 saturated heterocycles. The minimum atomic E-state index is -1.04. The third-order valence-corrected chi connectivity index (χ3v) is 7.76. The number of hydrogen-bond acceptors (Lipinski definition) is 6. The normalized spacial score (nSPS) is 15.7. The summed E-state index contributed by atoms with van der Waals surface area (Å²) in [5.74, 6) is 0.799. The summed E-state index contributed by atoms with van der Waals surface area (Å²) in [5.41, 5.74) is 1.91. The number of nitrogens with zero attached hydrogens (tertiary/aromatic N) is 4. The predicted octanol–water partition coefficient (Wildman–Crippen LogP) is 5.18. The van der Waals surface area contributed by atoms with Crippen LogP contribution in [-0.4, -0.2) is 44.0 Å². The molecule has 2 amide bonds. The van der Waals surface area contributed by atoms with Crippen LogP contribution in [0.4, 0.5) is 5.69 Å². The van der Waals surface area contributed by atoms with Crippen molar-refractivity contribution in [3.05, 3.63) is 77.3 Å². The molecule has 200 valence electrons. The average molecular weight is 546 g/mol. The van der Waals surface area contributed by atoms with Gasteiger partial charge in [-0.25, -0.2) is 4.68 Å². The number of ether oxygens (including phenoxy) is 2. The fraction of sp³-hybridized carbons (Fsp3) is 0.310. The number of fused-ring (bicyclic) bond motifs is 2. The van der Waals surface area contributed by atoms with E-state index in [-0.39, 0.29) is 31.7 Å². The molecule has 2 heterocycles. The maximum absolute atomic E-state index is 14.2. The number of anilines is 1. The van der Waals surface area contributed by atoms with E-state index in [9.17, 15) is 9.59 Å². The molecule has 1 aromatic heterocycles. The monoisotopic (exact) mass is 545 g/mol. The molecule has 1 fully saturated rings. The molecule has 1 saturated carbocycles. The van der Waals surface area contributed by atoms with Crippen molar-refractivity contribution >= 4 is 40.1 Å². The van der Waals surface area contributed by atoms with Gasteiger partial charge in [-0.3, -0.25) is 9.59 Å². The van der Waals surface area contributed by atoms with Crippen molar-refractivity contribution < 1.29 is 19.1 Å². The van der Waals surface area contributed by atoms with Gasteiger partial charge in [-0.1, -0.05) is 60.3 Å². The first kappa shape index (κ1) is 25.2. The van der Waals surface area contributed by atoms with Crippen LogP contribution < -0.4 is 14.8 Å². The molecule has 6 rings (SSSR count). The maximum Gasteiger partial charge on any atom is 0.250 e. The van der Waals surface area contributed by atoms with Crippen LogP contribution in [0, 0.1) is 0 Å². The third kappa shape index (κ3) is 5.02. The van der Waals surface area contributed by atoms with E-state index < -0.39 is 5.54 Å². The molecular weight excluding hydrogens is 518 g/mol. The number of halogens is 1. The van der Waals surface area contributed by atoms with Gasteiger partial charge in [-0.05, 0) is 54.8 Å². The van der Waals surface area contributed by atoms with Gasteiger partial charge in [0.05, 0.1) is 5.52 Å². The van der Waals surface area contributed by atoms with E-state index in [1.807, 2.05) is 36.4 Å². The van der Waals surface area contributed by atoms with Crippen LogP contribution in [0.2, 0.25) is 5.02 Å². The number of hydrogen-bond donors (Lipinski definition) is 1. The van der Waals surface area contributed by atoms with Gasteiger partial charge in [0, 0.05) is 23.3 Å². The number of nitrogens with one attached hydrogen (secondary N) is 1. The highest BCUT2D eigenvalue weighted by Crippen LogP contribution is 2.38. The Bertz CT molecular complexity index is 1510. The van der Waals surface area contributed by atoms with Gasteiger partial charge in [0.25, 0.3) is 0 Å². The standard InChI is InChI=1S/C29H28ClN5O4/c30-21-10-8-20(9-11-21)17-34(27(36)18-35-24-7-3-2-6-23(24)32-33-35)29(14-4-1-5-15-29)28(37)31-22-12-13-25-26(16-22)39-19-38-25/h2-3,6-13,16H,1,4-5,14-15,17-19H2,(H,31,37). The Morgan fingerprint density at radius 1 is 0.974 bits per heavy atom. The molecule has 0 spiro atoms. The Hall–Kier alpha value is -4.11. The lowest BCUT2D eigenvalue weighted by atomic mass is 9.78. The van der Waals surface area contributed by atoms with Gasteiger partial charge in [-0.15, -0.1) is 5.10 Å². The molecule has 3 aromatic carbocycles. The third-order valence-electron chi connectivity index (χ3n) is 7.51. The van der Waals surface area contributed by atoms with Crippen molar-refractivity contribution in [2.75, 3.05) is 12.1 Å². The van der Waals surface area contributed by atoms with Gasteiger partial charge < -0.3 is 19.7 Å². The van der Waals surface area contributed by atoms with Crippen LogP contribution in [0.3, 0.4) is 0 Å². The van der Waals surface area contributed by atoms with E-state index >= 15 is 0 Å². The van der Waals surface area contributed by atoms with E-state index in [0.717, 1.165) is 30.3 Å². The van der Waals surface area contributed by atoms with Gasteiger partial charge in [0.15, 0.2) is 11.5 Å². The van der Waals surface area contributed by atoms with Gasteiger partial charge in [0.2, 0.25) is 18.6 Å². The Morgan fingerprint density at radius 3 is 2.56 bits per heavy atom. The number of rotatable bonds is 7. The van der Waals surface area contributed by atoms with Gasteiger partial charge in [-0.2, -0.15) is 0 Å². The Morgan fingerprint density at radius 2 is 1.74 bits per heavy atom. The number of amides is 2. The average Bonchev–Trinajstić information content (AvgIpc) is 3.60. The van der Waals surface area contributed by atoms with Crippen LogP contribution in [0.1, 0.15) is 37.7 Å². The van der Waals surface area contributed by atoms with Crippen molar-refractivity contribution in [2.24, 2.45) is 0 Å². The first-order valence-corrected chi connectivity index (χ1v) is 13.4. The zero-order valence-corrected chi connectivity index (χ0v) is 22.1.